The lowest BCUT2D eigenvalue weighted by molar-refractivity contribution is 0.0761. The maximum atomic E-state index is 12.5. The fourth-order valence-corrected chi connectivity index (χ4v) is 2.87. The third kappa shape index (κ3) is 5.09. The Balaban J connectivity index is 1.88. The lowest BCUT2D eigenvalue weighted by atomic mass is 10.0. The molecule has 5 heteroatoms. The molecule has 1 atom stereocenters. The Bertz CT molecular complexity index is 587. The minimum absolute atomic E-state index is 0.0776. The van der Waals surface area contributed by atoms with Crippen LogP contribution in [0.5, 0.6) is 0 Å². The van der Waals surface area contributed by atoms with Crippen molar-refractivity contribution in [2.45, 2.75) is 19.3 Å². The van der Waals surface area contributed by atoms with E-state index in [1.165, 1.54) is 0 Å². The largest absolute Gasteiger partial charge is 0.337 e. The molecule has 2 rings (SSSR count). The van der Waals surface area contributed by atoms with Crippen LogP contribution in [0, 0.1) is 28.6 Å². The summed E-state index contributed by atoms with van der Waals surface area (Å²) < 4.78 is 0. The van der Waals surface area contributed by atoms with Gasteiger partial charge in [-0.25, -0.2) is 0 Å². The molecule has 0 bridgehead atoms. The van der Waals surface area contributed by atoms with Crippen LogP contribution in [-0.2, 0) is 0 Å². The first-order valence-corrected chi connectivity index (χ1v) is 8.08. The van der Waals surface area contributed by atoms with Gasteiger partial charge in [0.15, 0.2) is 0 Å². The van der Waals surface area contributed by atoms with Crippen molar-refractivity contribution in [3.05, 3.63) is 35.9 Å². The second-order valence-electron chi connectivity index (χ2n) is 5.84. The predicted octanol–water partition coefficient (Wildman–Crippen LogP) is 2.28. The molecule has 0 saturated carbocycles. The van der Waals surface area contributed by atoms with E-state index in [0.29, 0.717) is 25.9 Å². The number of carbonyl (C=O) groups excluding carboxylic acids is 1. The summed E-state index contributed by atoms with van der Waals surface area (Å²) in [7, 11) is 0. The van der Waals surface area contributed by atoms with Crippen molar-refractivity contribution in [2.24, 2.45) is 5.92 Å². The van der Waals surface area contributed by atoms with E-state index in [0.717, 1.165) is 31.6 Å². The summed E-state index contributed by atoms with van der Waals surface area (Å²) in [4.78, 5) is 16.6. The van der Waals surface area contributed by atoms with Gasteiger partial charge in [-0.2, -0.15) is 10.5 Å². The molecule has 1 amide bonds. The molecular weight excluding hydrogens is 288 g/mol. The highest BCUT2D eigenvalue weighted by atomic mass is 16.2. The van der Waals surface area contributed by atoms with Crippen molar-refractivity contribution in [3.8, 4) is 12.1 Å². The van der Waals surface area contributed by atoms with E-state index in [-0.39, 0.29) is 11.8 Å². The van der Waals surface area contributed by atoms with Crippen LogP contribution in [0.3, 0.4) is 0 Å². The molecule has 0 aliphatic carbocycles. The molecular formula is C18H22N4O. The molecule has 0 spiro atoms. The molecule has 120 valence electrons. The van der Waals surface area contributed by atoms with Gasteiger partial charge in [-0.15, -0.1) is 0 Å². The van der Waals surface area contributed by atoms with Crippen LogP contribution in [0.2, 0.25) is 0 Å². The number of nitriles is 2. The molecule has 1 saturated heterocycles. The summed E-state index contributed by atoms with van der Waals surface area (Å²) in [5.41, 5.74) is 0.727. The average molecular weight is 310 g/mol. The molecule has 0 N–H and O–H groups in total. The number of amides is 1. The zero-order valence-corrected chi connectivity index (χ0v) is 13.3. The molecule has 5 nitrogen and oxygen atoms in total. The Kier molecular flexibility index (Phi) is 6.59. The molecule has 1 aliphatic heterocycles. The number of carbonyl (C=O) groups is 1. The van der Waals surface area contributed by atoms with Gasteiger partial charge in [0.2, 0.25) is 0 Å². The maximum absolute atomic E-state index is 12.5. The van der Waals surface area contributed by atoms with Crippen molar-refractivity contribution >= 4 is 5.91 Å². The summed E-state index contributed by atoms with van der Waals surface area (Å²) >= 11 is 0. The van der Waals surface area contributed by atoms with Crippen LogP contribution in [0.4, 0.5) is 0 Å². The van der Waals surface area contributed by atoms with Crippen molar-refractivity contribution in [1.82, 2.24) is 9.80 Å². The Morgan fingerprint density at radius 2 is 1.91 bits per heavy atom. The van der Waals surface area contributed by atoms with Gasteiger partial charge >= 0.3 is 0 Å². The number of rotatable bonds is 5. The van der Waals surface area contributed by atoms with Crippen molar-refractivity contribution < 1.29 is 4.79 Å². The van der Waals surface area contributed by atoms with Crippen LogP contribution >= 0.6 is 0 Å². The van der Waals surface area contributed by atoms with Crippen molar-refractivity contribution in [2.75, 3.05) is 32.7 Å². The topological polar surface area (TPSA) is 71.1 Å². The number of hydrogen-bond donors (Lipinski definition) is 0. The quantitative estimate of drug-likeness (QED) is 0.836. The van der Waals surface area contributed by atoms with E-state index in [1.807, 2.05) is 35.2 Å². The zero-order valence-electron chi connectivity index (χ0n) is 13.3. The molecule has 1 heterocycles. The van der Waals surface area contributed by atoms with Gasteiger partial charge in [0.05, 0.1) is 18.1 Å². The van der Waals surface area contributed by atoms with E-state index in [1.54, 1.807) is 0 Å². The Hall–Kier alpha value is -2.37. The van der Waals surface area contributed by atoms with Gasteiger partial charge in [-0.1, -0.05) is 18.2 Å². The lowest BCUT2D eigenvalue weighted by Gasteiger charge is -2.23. The number of nitrogens with zero attached hydrogens (tertiary/aromatic N) is 4. The zero-order chi connectivity index (χ0) is 16.5. The first-order valence-electron chi connectivity index (χ1n) is 8.08. The molecule has 23 heavy (non-hydrogen) atoms. The van der Waals surface area contributed by atoms with Gasteiger partial charge in [-0.3, -0.25) is 4.79 Å². The lowest BCUT2D eigenvalue weighted by Crippen LogP contribution is -2.36. The maximum Gasteiger partial charge on any atom is 0.253 e. The summed E-state index contributed by atoms with van der Waals surface area (Å²) in [5, 5.41) is 17.8. The second kappa shape index (κ2) is 8.92. The van der Waals surface area contributed by atoms with Crippen molar-refractivity contribution in [3.63, 3.8) is 0 Å². The fraction of sp³-hybridized carbons (Fsp3) is 0.500. The van der Waals surface area contributed by atoms with Gasteiger partial charge in [0.25, 0.3) is 5.91 Å². The number of hydrogen-bond acceptors (Lipinski definition) is 4. The standard InChI is InChI=1S/C18H22N4O/c19-9-4-6-16(14-20)15-21-10-5-11-22(13-12-21)18(23)17-7-2-1-3-8-17/h1-3,7-8,16H,4-6,10-13,15H2. The van der Waals surface area contributed by atoms with E-state index < -0.39 is 0 Å². The SMILES string of the molecule is N#CCCC(C#N)CN1CCCN(C(=O)c2ccccc2)CC1. The fourth-order valence-electron chi connectivity index (χ4n) is 2.87. The van der Waals surface area contributed by atoms with Crippen LogP contribution in [0.15, 0.2) is 30.3 Å². The van der Waals surface area contributed by atoms with Gasteiger partial charge in [-0.05, 0) is 31.5 Å². The molecule has 0 radical (unpaired) electrons. The predicted molar refractivity (Wildman–Crippen MR) is 87.4 cm³/mol. The van der Waals surface area contributed by atoms with E-state index in [9.17, 15) is 10.1 Å². The second-order valence-corrected chi connectivity index (χ2v) is 5.84. The van der Waals surface area contributed by atoms with Crippen LogP contribution in [-0.4, -0.2) is 48.4 Å². The van der Waals surface area contributed by atoms with Crippen LogP contribution in [0.25, 0.3) is 0 Å². The molecule has 1 unspecified atom stereocenters. The summed E-state index contributed by atoms with van der Waals surface area (Å²) in [6.07, 6.45) is 1.95. The van der Waals surface area contributed by atoms with E-state index in [4.69, 9.17) is 5.26 Å². The van der Waals surface area contributed by atoms with Gasteiger partial charge in [0.1, 0.15) is 0 Å². The third-order valence-corrected chi connectivity index (χ3v) is 4.16. The molecule has 1 fully saturated rings. The Morgan fingerprint density at radius 1 is 1.13 bits per heavy atom. The third-order valence-electron chi connectivity index (χ3n) is 4.16. The smallest absolute Gasteiger partial charge is 0.253 e. The first kappa shape index (κ1) is 17.0. The minimum Gasteiger partial charge on any atom is -0.337 e. The molecule has 1 aromatic rings. The van der Waals surface area contributed by atoms with Crippen LogP contribution < -0.4 is 0 Å². The highest BCUT2D eigenvalue weighted by Gasteiger charge is 2.21. The highest BCUT2D eigenvalue weighted by Crippen LogP contribution is 2.12. The summed E-state index contributed by atoms with van der Waals surface area (Å²) in [6.45, 7) is 3.79. The first-order chi connectivity index (χ1) is 11.2. The van der Waals surface area contributed by atoms with Crippen LogP contribution in [0.1, 0.15) is 29.6 Å². The summed E-state index contributed by atoms with van der Waals surface area (Å²) in [6, 6.07) is 13.7. The molecule has 0 aromatic heterocycles. The molecule has 1 aliphatic rings. The average Bonchev–Trinajstić information content (AvgIpc) is 2.84. The Morgan fingerprint density at radius 3 is 2.61 bits per heavy atom. The van der Waals surface area contributed by atoms with E-state index >= 15 is 0 Å². The summed E-state index contributed by atoms with van der Waals surface area (Å²) in [5.74, 6) is -0.0280. The van der Waals surface area contributed by atoms with Crippen molar-refractivity contribution in [1.29, 1.82) is 10.5 Å². The van der Waals surface area contributed by atoms with E-state index in [2.05, 4.69) is 17.0 Å². The minimum atomic E-state index is -0.106. The molecule has 1 aromatic carbocycles. The monoisotopic (exact) mass is 310 g/mol. The highest BCUT2D eigenvalue weighted by molar-refractivity contribution is 5.94. The van der Waals surface area contributed by atoms with Gasteiger partial charge in [0, 0.05) is 38.2 Å². The number of benzene rings is 1. The van der Waals surface area contributed by atoms with Gasteiger partial charge < -0.3 is 9.80 Å². The Labute approximate surface area is 137 Å². The normalized spacial score (nSPS) is 16.9.